The summed E-state index contributed by atoms with van der Waals surface area (Å²) >= 11 is 1.29. The predicted octanol–water partition coefficient (Wildman–Crippen LogP) is 2.75. The maximum absolute atomic E-state index is 12.3. The van der Waals surface area contributed by atoms with Crippen LogP contribution in [0.2, 0.25) is 0 Å². The number of piperidine rings is 1. The van der Waals surface area contributed by atoms with Crippen LogP contribution in [-0.2, 0) is 9.53 Å². The first kappa shape index (κ1) is 23.2. The minimum atomic E-state index is -0.547. The van der Waals surface area contributed by atoms with Gasteiger partial charge in [-0.05, 0) is 57.5 Å². The number of nitrogens with zero attached hydrogens (tertiary/aromatic N) is 2. The van der Waals surface area contributed by atoms with Gasteiger partial charge in [0, 0.05) is 33.1 Å². The van der Waals surface area contributed by atoms with Gasteiger partial charge < -0.3 is 25.6 Å². The van der Waals surface area contributed by atoms with Crippen molar-refractivity contribution in [2.24, 2.45) is 11.7 Å². The summed E-state index contributed by atoms with van der Waals surface area (Å²) in [5.74, 6) is -0.333. The molecule has 3 amide bonds. The summed E-state index contributed by atoms with van der Waals surface area (Å²) in [6.45, 7) is 8.61. The summed E-state index contributed by atoms with van der Waals surface area (Å²) in [6, 6.07) is 1.61. The molecule has 2 heterocycles. The van der Waals surface area contributed by atoms with E-state index in [0.717, 1.165) is 25.9 Å². The van der Waals surface area contributed by atoms with Crippen LogP contribution < -0.4 is 11.1 Å². The fraction of sp³-hybridized carbons (Fsp3) is 0.650. The van der Waals surface area contributed by atoms with E-state index in [2.05, 4.69) is 10.2 Å². The Bertz CT molecular complexity index is 728. The van der Waals surface area contributed by atoms with E-state index < -0.39 is 11.5 Å². The molecule has 29 heavy (non-hydrogen) atoms. The van der Waals surface area contributed by atoms with Crippen molar-refractivity contribution in [1.29, 1.82) is 0 Å². The highest BCUT2D eigenvalue weighted by atomic mass is 32.1. The van der Waals surface area contributed by atoms with Gasteiger partial charge in [-0.3, -0.25) is 9.59 Å². The van der Waals surface area contributed by atoms with Crippen molar-refractivity contribution in [3.8, 4) is 0 Å². The van der Waals surface area contributed by atoms with E-state index in [9.17, 15) is 14.4 Å². The molecule has 1 aliphatic rings. The minimum absolute atomic E-state index is 0.136. The minimum Gasteiger partial charge on any atom is -0.444 e. The number of nitrogens with two attached hydrogens (primary N) is 1. The highest BCUT2D eigenvalue weighted by molar-refractivity contribution is 7.14. The van der Waals surface area contributed by atoms with Crippen LogP contribution in [0.1, 0.15) is 50.4 Å². The second-order valence-corrected chi connectivity index (χ2v) is 9.41. The van der Waals surface area contributed by atoms with Crippen molar-refractivity contribution >= 4 is 34.2 Å². The van der Waals surface area contributed by atoms with Gasteiger partial charge in [0.15, 0.2) is 0 Å². The monoisotopic (exact) mass is 424 g/mol. The molecule has 1 aromatic rings. The van der Waals surface area contributed by atoms with Crippen LogP contribution >= 0.6 is 11.3 Å². The molecule has 3 N–H and O–H groups in total. The van der Waals surface area contributed by atoms with E-state index in [1.54, 1.807) is 23.4 Å². The second kappa shape index (κ2) is 10.1. The molecule has 0 aliphatic carbocycles. The molecule has 9 heteroatoms. The average molecular weight is 425 g/mol. The van der Waals surface area contributed by atoms with Crippen LogP contribution in [0.5, 0.6) is 0 Å². The summed E-state index contributed by atoms with van der Waals surface area (Å²) in [5, 5.41) is 5.00. The van der Waals surface area contributed by atoms with E-state index in [-0.39, 0.29) is 12.0 Å². The second-order valence-electron chi connectivity index (χ2n) is 8.50. The van der Waals surface area contributed by atoms with Gasteiger partial charge in [0.2, 0.25) is 5.91 Å². The van der Waals surface area contributed by atoms with Gasteiger partial charge >= 0.3 is 6.09 Å². The van der Waals surface area contributed by atoms with E-state index in [1.807, 2.05) is 20.8 Å². The van der Waals surface area contributed by atoms with Gasteiger partial charge in [0.05, 0.1) is 5.56 Å². The molecule has 1 aliphatic heterocycles. The lowest BCUT2D eigenvalue weighted by Crippen LogP contribution is -2.43. The molecule has 0 radical (unpaired) electrons. The van der Waals surface area contributed by atoms with Gasteiger partial charge in [-0.2, -0.15) is 0 Å². The van der Waals surface area contributed by atoms with Crippen molar-refractivity contribution < 1.29 is 19.1 Å². The molecule has 2 rings (SSSR count). The molecule has 1 atom stereocenters. The molecular weight excluding hydrogens is 392 g/mol. The Balaban J connectivity index is 1.77. The Morgan fingerprint density at radius 2 is 2.10 bits per heavy atom. The number of hydrogen-bond donors (Lipinski definition) is 2. The van der Waals surface area contributed by atoms with Gasteiger partial charge in [-0.1, -0.05) is 0 Å². The summed E-state index contributed by atoms with van der Waals surface area (Å²) in [4.78, 5) is 39.7. The number of primary amides is 1. The number of anilines is 1. The number of carbonyl (C=O) groups excluding carboxylic acids is 3. The molecule has 0 bridgehead atoms. The van der Waals surface area contributed by atoms with E-state index in [4.69, 9.17) is 10.5 Å². The van der Waals surface area contributed by atoms with Crippen molar-refractivity contribution in [3.63, 3.8) is 0 Å². The quantitative estimate of drug-likeness (QED) is 0.700. The maximum Gasteiger partial charge on any atom is 0.410 e. The van der Waals surface area contributed by atoms with Crippen LogP contribution in [0, 0.1) is 5.92 Å². The largest absolute Gasteiger partial charge is 0.444 e. The SMILES string of the molecule is CN(CC1CCCN(CCC(=O)Nc2sccc2C(N)=O)C1)C(=O)OC(C)(C)C. The molecule has 0 spiro atoms. The van der Waals surface area contributed by atoms with Crippen molar-refractivity contribution in [3.05, 3.63) is 17.0 Å². The lowest BCUT2D eigenvalue weighted by Gasteiger charge is -2.35. The van der Waals surface area contributed by atoms with Gasteiger partial charge in [-0.15, -0.1) is 11.3 Å². The summed E-state index contributed by atoms with van der Waals surface area (Å²) in [6.07, 6.45) is 2.11. The normalized spacial score (nSPS) is 17.6. The number of amides is 3. The highest BCUT2D eigenvalue weighted by Crippen LogP contribution is 2.23. The summed E-state index contributed by atoms with van der Waals surface area (Å²) < 4.78 is 5.41. The zero-order chi connectivity index (χ0) is 21.6. The van der Waals surface area contributed by atoms with E-state index in [1.165, 1.54) is 11.3 Å². The van der Waals surface area contributed by atoms with Crippen molar-refractivity contribution in [2.45, 2.75) is 45.6 Å². The van der Waals surface area contributed by atoms with Crippen molar-refractivity contribution in [1.82, 2.24) is 9.80 Å². The Hall–Kier alpha value is -2.13. The van der Waals surface area contributed by atoms with Gasteiger partial charge in [0.1, 0.15) is 10.6 Å². The lowest BCUT2D eigenvalue weighted by atomic mass is 9.97. The van der Waals surface area contributed by atoms with Crippen LogP contribution in [0.4, 0.5) is 9.80 Å². The number of ether oxygens (including phenoxy) is 1. The lowest BCUT2D eigenvalue weighted by molar-refractivity contribution is -0.116. The topological polar surface area (TPSA) is 105 Å². The molecule has 0 saturated carbocycles. The Kier molecular flexibility index (Phi) is 8.04. The van der Waals surface area contributed by atoms with Gasteiger partial charge in [0.25, 0.3) is 5.91 Å². The average Bonchev–Trinajstić information content (AvgIpc) is 3.07. The van der Waals surface area contributed by atoms with Crippen LogP contribution in [-0.4, -0.2) is 66.5 Å². The summed E-state index contributed by atoms with van der Waals surface area (Å²) in [5.41, 5.74) is 5.14. The molecule has 1 saturated heterocycles. The molecule has 162 valence electrons. The first-order valence-electron chi connectivity index (χ1n) is 9.89. The third kappa shape index (κ3) is 7.66. The number of thiophene rings is 1. The molecule has 0 aromatic carbocycles. The van der Waals surface area contributed by atoms with Crippen LogP contribution in [0.15, 0.2) is 11.4 Å². The highest BCUT2D eigenvalue weighted by Gasteiger charge is 2.25. The fourth-order valence-corrected chi connectivity index (χ4v) is 4.16. The fourth-order valence-electron chi connectivity index (χ4n) is 3.35. The van der Waals surface area contributed by atoms with Gasteiger partial charge in [-0.25, -0.2) is 4.79 Å². The number of hydrogen-bond acceptors (Lipinski definition) is 6. The van der Waals surface area contributed by atoms with E-state index >= 15 is 0 Å². The third-order valence-electron chi connectivity index (χ3n) is 4.68. The Morgan fingerprint density at radius 3 is 2.76 bits per heavy atom. The predicted molar refractivity (Wildman–Crippen MR) is 114 cm³/mol. The number of carbonyl (C=O) groups is 3. The maximum atomic E-state index is 12.3. The van der Waals surface area contributed by atoms with E-state index in [0.29, 0.717) is 36.0 Å². The molecule has 1 fully saturated rings. The molecule has 1 unspecified atom stereocenters. The molecule has 1 aromatic heterocycles. The van der Waals surface area contributed by atoms with Crippen molar-refractivity contribution in [2.75, 3.05) is 38.5 Å². The first-order valence-corrected chi connectivity index (χ1v) is 10.8. The van der Waals surface area contributed by atoms with Crippen LogP contribution in [0.25, 0.3) is 0 Å². The number of nitrogens with one attached hydrogen (secondary N) is 1. The number of rotatable bonds is 7. The standard InChI is InChI=1S/C20H32N4O4S/c1-20(2,3)28-19(27)23(4)12-14-6-5-9-24(13-14)10-7-16(25)22-18-15(17(21)26)8-11-29-18/h8,11,14H,5-7,9-10,12-13H2,1-4H3,(H2,21,26)(H,22,25). The van der Waals surface area contributed by atoms with Crippen LogP contribution in [0.3, 0.4) is 0 Å². The summed E-state index contributed by atoms with van der Waals surface area (Å²) in [7, 11) is 1.76. The Morgan fingerprint density at radius 1 is 1.38 bits per heavy atom. The third-order valence-corrected chi connectivity index (χ3v) is 5.51. The zero-order valence-electron chi connectivity index (χ0n) is 17.7. The Labute approximate surface area is 176 Å². The first-order chi connectivity index (χ1) is 13.5. The number of likely N-dealkylation sites (tertiary alicyclic amines) is 1. The zero-order valence-corrected chi connectivity index (χ0v) is 18.5. The molecular formula is C20H32N4O4S. The molecule has 8 nitrogen and oxygen atoms in total. The smallest absolute Gasteiger partial charge is 0.410 e.